The van der Waals surface area contributed by atoms with E-state index in [1.807, 2.05) is 48.5 Å². The number of nitrogens with zero attached hydrogens (tertiary/aromatic N) is 2. The van der Waals surface area contributed by atoms with Crippen LogP contribution in [0.15, 0.2) is 59.6 Å². The number of amides is 1. The molecular formula is C23H18N2O5S. The van der Waals surface area contributed by atoms with Gasteiger partial charge in [0.25, 0.3) is 5.91 Å². The lowest BCUT2D eigenvalue weighted by molar-refractivity contribution is -0.141. The van der Waals surface area contributed by atoms with Crippen molar-refractivity contribution in [3.05, 3.63) is 65.0 Å². The summed E-state index contributed by atoms with van der Waals surface area (Å²) in [5.41, 5.74) is 1.23. The van der Waals surface area contributed by atoms with Gasteiger partial charge in [0.05, 0.1) is 17.3 Å². The molecule has 2 heterocycles. The maximum Gasteiger partial charge on any atom is 0.325 e. The molecule has 1 aliphatic rings. The van der Waals surface area contributed by atoms with E-state index in [4.69, 9.17) is 14.2 Å². The average molecular weight is 434 g/mol. The number of carbonyl (C=O) groups is 2. The van der Waals surface area contributed by atoms with Crippen LogP contribution in [0.4, 0.5) is 0 Å². The Labute approximate surface area is 181 Å². The lowest BCUT2D eigenvalue weighted by Gasteiger charge is -2.18. The predicted molar refractivity (Wildman–Crippen MR) is 117 cm³/mol. The highest BCUT2D eigenvalue weighted by Crippen LogP contribution is 2.35. The van der Waals surface area contributed by atoms with E-state index in [1.165, 1.54) is 18.4 Å². The Hall–Kier alpha value is -3.65. The minimum absolute atomic E-state index is 0.0716. The fraction of sp³-hybridized carbons (Fsp3) is 0.174. The minimum Gasteiger partial charge on any atom is -0.486 e. The summed E-state index contributed by atoms with van der Waals surface area (Å²) in [5.74, 6) is 0.423. The second kappa shape index (κ2) is 7.88. The number of thiazole rings is 1. The molecule has 0 radical (unpaired) electrons. The molecule has 5 rings (SSSR count). The van der Waals surface area contributed by atoms with Gasteiger partial charge in [-0.25, -0.2) is 0 Å². The zero-order valence-corrected chi connectivity index (χ0v) is 17.5. The summed E-state index contributed by atoms with van der Waals surface area (Å²) in [4.78, 5) is 30.0. The fourth-order valence-electron chi connectivity index (χ4n) is 3.60. The molecule has 4 aromatic rings. The van der Waals surface area contributed by atoms with Gasteiger partial charge in [0, 0.05) is 17.7 Å². The first-order valence-electron chi connectivity index (χ1n) is 9.70. The van der Waals surface area contributed by atoms with Crippen LogP contribution in [0.2, 0.25) is 0 Å². The molecule has 0 fully saturated rings. The molecule has 31 heavy (non-hydrogen) atoms. The first-order valence-corrected chi connectivity index (χ1v) is 10.5. The Bertz CT molecular complexity index is 1400. The van der Waals surface area contributed by atoms with Crippen LogP contribution in [-0.2, 0) is 16.1 Å². The molecule has 0 atom stereocenters. The van der Waals surface area contributed by atoms with E-state index in [0.29, 0.717) is 35.1 Å². The molecule has 0 unspecified atom stereocenters. The second-order valence-electron chi connectivity index (χ2n) is 6.95. The number of carbonyl (C=O) groups excluding carboxylic acids is 2. The lowest BCUT2D eigenvalue weighted by Crippen LogP contribution is -2.22. The molecule has 0 saturated heterocycles. The van der Waals surface area contributed by atoms with Crippen LogP contribution in [0, 0.1) is 0 Å². The Balaban J connectivity index is 1.68. The molecule has 0 spiro atoms. The van der Waals surface area contributed by atoms with E-state index in [9.17, 15) is 9.59 Å². The number of methoxy groups -OCH3 is 1. The van der Waals surface area contributed by atoms with Crippen molar-refractivity contribution in [3.8, 4) is 11.5 Å². The summed E-state index contributed by atoms with van der Waals surface area (Å²) in [5, 5.41) is 1.79. The van der Waals surface area contributed by atoms with Gasteiger partial charge in [-0.3, -0.25) is 9.59 Å². The quantitative estimate of drug-likeness (QED) is 0.461. The van der Waals surface area contributed by atoms with Crippen molar-refractivity contribution in [2.75, 3.05) is 20.3 Å². The summed E-state index contributed by atoms with van der Waals surface area (Å²) in [6.45, 7) is 0.858. The van der Waals surface area contributed by atoms with E-state index in [0.717, 1.165) is 21.0 Å². The van der Waals surface area contributed by atoms with Gasteiger partial charge in [0.2, 0.25) is 0 Å². The summed E-state index contributed by atoms with van der Waals surface area (Å²) < 4.78 is 18.7. The maximum absolute atomic E-state index is 13.1. The highest BCUT2D eigenvalue weighted by Gasteiger charge is 2.19. The monoisotopic (exact) mass is 434 g/mol. The van der Waals surface area contributed by atoms with Crippen molar-refractivity contribution in [2.45, 2.75) is 6.54 Å². The standard InChI is InChI=1S/C23H18N2O5S/c1-28-21(26)13-25-17-11-18-19(30-10-9-29-18)12-20(17)31-23(25)24-22(27)16-8-4-6-14-5-2-3-7-15(14)16/h2-8,11-12H,9-10,13H2,1H3. The predicted octanol–water partition coefficient (Wildman–Crippen LogP) is 3.54. The van der Waals surface area contributed by atoms with E-state index in [-0.39, 0.29) is 12.5 Å². The van der Waals surface area contributed by atoms with Gasteiger partial charge < -0.3 is 18.8 Å². The van der Waals surface area contributed by atoms with Gasteiger partial charge in [-0.1, -0.05) is 47.7 Å². The van der Waals surface area contributed by atoms with Crippen LogP contribution in [0.3, 0.4) is 0 Å². The Morgan fingerprint density at radius 2 is 1.81 bits per heavy atom. The molecule has 1 amide bonds. The van der Waals surface area contributed by atoms with Crippen LogP contribution in [0.1, 0.15) is 10.4 Å². The summed E-state index contributed by atoms with van der Waals surface area (Å²) >= 11 is 1.31. The molecule has 8 heteroatoms. The zero-order chi connectivity index (χ0) is 21.4. The summed E-state index contributed by atoms with van der Waals surface area (Å²) in [6.07, 6.45) is 0. The molecular weight excluding hydrogens is 416 g/mol. The minimum atomic E-state index is -0.436. The highest BCUT2D eigenvalue weighted by atomic mass is 32.1. The number of ether oxygens (including phenoxy) is 3. The van der Waals surface area contributed by atoms with Gasteiger partial charge in [0.1, 0.15) is 19.8 Å². The Morgan fingerprint density at radius 3 is 2.61 bits per heavy atom. The van der Waals surface area contributed by atoms with Crippen LogP contribution in [-0.4, -0.2) is 36.8 Å². The molecule has 7 nitrogen and oxygen atoms in total. The number of rotatable bonds is 3. The van der Waals surface area contributed by atoms with Gasteiger partial charge in [-0.05, 0) is 16.8 Å². The van der Waals surface area contributed by atoms with Crippen LogP contribution in [0.25, 0.3) is 21.0 Å². The third-order valence-electron chi connectivity index (χ3n) is 5.08. The smallest absolute Gasteiger partial charge is 0.325 e. The molecule has 0 saturated carbocycles. The van der Waals surface area contributed by atoms with Crippen molar-refractivity contribution in [3.63, 3.8) is 0 Å². The third-order valence-corrected chi connectivity index (χ3v) is 6.12. The molecule has 1 aromatic heterocycles. The topological polar surface area (TPSA) is 79.1 Å². The number of esters is 1. The van der Waals surface area contributed by atoms with Gasteiger partial charge >= 0.3 is 5.97 Å². The van der Waals surface area contributed by atoms with Gasteiger partial charge in [-0.15, -0.1) is 0 Å². The molecule has 0 N–H and O–H groups in total. The van der Waals surface area contributed by atoms with E-state index in [2.05, 4.69) is 4.99 Å². The second-order valence-corrected chi connectivity index (χ2v) is 7.96. The van der Waals surface area contributed by atoms with E-state index >= 15 is 0 Å². The lowest BCUT2D eigenvalue weighted by atomic mass is 10.0. The van der Waals surface area contributed by atoms with Crippen molar-refractivity contribution < 1.29 is 23.8 Å². The number of hydrogen-bond donors (Lipinski definition) is 0. The first-order chi connectivity index (χ1) is 15.1. The van der Waals surface area contributed by atoms with Crippen molar-refractivity contribution in [2.24, 2.45) is 4.99 Å². The van der Waals surface area contributed by atoms with Crippen LogP contribution < -0.4 is 14.3 Å². The zero-order valence-electron chi connectivity index (χ0n) is 16.7. The molecule has 1 aliphatic heterocycles. The third kappa shape index (κ3) is 3.55. The van der Waals surface area contributed by atoms with E-state index in [1.54, 1.807) is 10.6 Å². The number of fused-ring (bicyclic) bond motifs is 3. The summed E-state index contributed by atoms with van der Waals surface area (Å²) in [7, 11) is 1.33. The maximum atomic E-state index is 13.1. The SMILES string of the molecule is COC(=O)Cn1c(=NC(=O)c2cccc3ccccc23)sc2cc3c(cc21)OCCO3. The Kier molecular flexibility index (Phi) is 4.91. The highest BCUT2D eigenvalue weighted by molar-refractivity contribution is 7.16. The number of benzene rings is 3. The fourth-order valence-corrected chi connectivity index (χ4v) is 4.64. The van der Waals surface area contributed by atoms with Crippen LogP contribution >= 0.6 is 11.3 Å². The van der Waals surface area contributed by atoms with E-state index < -0.39 is 5.97 Å². The van der Waals surface area contributed by atoms with Crippen LogP contribution in [0.5, 0.6) is 11.5 Å². The summed E-state index contributed by atoms with van der Waals surface area (Å²) in [6, 6.07) is 16.9. The van der Waals surface area contributed by atoms with Gasteiger partial charge in [-0.2, -0.15) is 4.99 Å². The van der Waals surface area contributed by atoms with Crippen molar-refractivity contribution in [1.29, 1.82) is 0 Å². The number of aromatic nitrogens is 1. The molecule has 0 bridgehead atoms. The molecule has 3 aromatic carbocycles. The number of hydrogen-bond acceptors (Lipinski definition) is 6. The Morgan fingerprint density at radius 1 is 1.06 bits per heavy atom. The largest absolute Gasteiger partial charge is 0.486 e. The normalized spacial score (nSPS) is 13.5. The first kappa shape index (κ1) is 19.3. The molecule has 0 aliphatic carbocycles. The molecule has 156 valence electrons. The van der Waals surface area contributed by atoms with Crippen molar-refractivity contribution >= 4 is 44.2 Å². The average Bonchev–Trinajstić information content (AvgIpc) is 3.12. The van der Waals surface area contributed by atoms with Gasteiger partial charge in [0.15, 0.2) is 16.3 Å². The van der Waals surface area contributed by atoms with Crippen molar-refractivity contribution in [1.82, 2.24) is 4.57 Å².